The Kier molecular flexibility index (Phi) is 3.20. The molecule has 1 atom stereocenters. The van der Waals surface area contributed by atoms with Gasteiger partial charge in [-0.15, -0.1) is 0 Å². The van der Waals surface area contributed by atoms with E-state index in [4.69, 9.17) is 0 Å². The van der Waals surface area contributed by atoms with Crippen LogP contribution in [-0.4, -0.2) is 39.0 Å². The topological polar surface area (TPSA) is 73.4 Å². The molecule has 5 nitrogen and oxygen atoms in total. The van der Waals surface area contributed by atoms with Crippen LogP contribution in [-0.2, 0) is 4.79 Å². The SMILES string of the molecule is CC1(C(=O)O)CCCCN1C(=O)c1cccc2[nH]ccc12. The second-order valence-electron chi connectivity index (χ2n) is 5.74. The van der Waals surface area contributed by atoms with Gasteiger partial charge >= 0.3 is 5.97 Å². The second kappa shape index (κ2) is 4.91. The molecule has 1 aliphatic heterocycles. The summed E-state index contributed by atoms with van der Waals surface area (Å²) in [7, 11) is 0. The van der Waals surface area contributed by atoms with Crippen molar-refractivity contribution >= 4 is 22.8 Å². The highest BCUT2D eigenvalue weighted by molar-refractivity contribution is 6.07. The van der Waals surface area contributed by atoms with Crippen molar-refractivity contribution in [3.63, 3.8) is 0 Å². The molecule has 110 valence electrons. The highest BCUT2D eigenvalue weighted by Crippen LogP contribution is 2.31. The Morgan fingerprint density at radius 1 is 1.29 bits per heavy atom. The first-order valence-corrected chi connectivity index (χ1v) is 7.15. The normalized spacial score (nSPS) is 22.4. The maximum atomic E-state index is 12.9. The van der Waals surface area contributed by atoms with Crippen LogP contribution in [0.2, 0.25) is 0 Å². The molecule has 3 rings (SSSR count). The lowest BCUT2D eigenvalue weighted by Gasteiger charge is -2.41. The van der Waals surface area contributed by atoms with Crippen LogP contribution in [0.1, 0.15) is 36.5 Å². The summed E-state index contributed by atoms with van der Waals surface area (Å²) in [6.07, 6.45) is 3.96. The molecule has 1 aliphatic rings. The molecule has 1 aromatic heterocycles. The number of amides is 1. The van der Waals surface area contributed by atoms with Gasteiger partial charge < -0.3 is 15.0 Å². The predicted octanol–water partition coefficient (Wildman–Crippen LogP) is 2.64. The molecule has 2 N–H and O–H groups in total. The van der Waals surface area contributed by atoms with Crippen molar-refractivity contribution in [2.24, 2.45) is 0 Å². The van der Waals surface area contributed by atoms with Crippen molar-refractivity contribution in [3.8, 4) is 0 Å². The lowest BCUT2D eigenvalue weighted by molar-refractivity contribution is -0.150. The molecule has 5 heteroatoms. The number of aliphatic carboxylic acids is 1. The number of carboxylic acid groups (broad SMARTS) is 1. The monoisotopic (exact) mass is 286 g/mol. The van der Waals surface area contributed by atoms with E-state index >= 15 is 0 Å². The smallest absolute Gasteiger partial charge is 0.329 e. The Balaban J connectivity index is 2.04. The molecule has 0 bridgehead atoms. The third-order valence-electron chi connectivity index (χ3n) is 4.42. The number of nitrogens with one attached hydrogen (secondary N) is 1. The number of carboxylic acids is 1. The van der Waals surface area contributed by atoms with E-state index in [2.05, 4.69) is 4.98 Å². The highest BCUT2D eigenvalue weighted by atomic mass is 16.4. The van der Waals surface area contributed by atoms with Gasteiger partial charge in [-0.05, 0) is 44.4 Å². The van der Waals surface area contributed by atoms with E-state index in [-0.39, 0.29) is 5.91 Å². The van der Waals surface area contributed by atoms with Crippen LogP contribution in [0.15, 0.2) is 30.5 Å². The number of benzene rings is 1. The van der Waals surface area contributed by atoms with Gasteiger partial charge in [-0.3, -0.25) is 4.79 Å². The van der Waals surface area contributed by atoms with E-state index in [9.17, 15) is 14.7 Å². The first-order valence-electron chi connectivity index (χ1n) is 7.15. The molecular formula is C16H18N2O3. The van der Waals surface area contributed by atoms with Crippen LogP contribution in [0.5, 0.6) is 0 Å². The number of hydrogen-bond acceptors (Lipinski definition) is 2. The molecule has 1 amide bonds. The molecule has 0 aliphatic carbocycles. The summed E-state index contributed by atoms with van der Waals surface area (Å²) in [6.45, 7) is 2.13. The zero-order valence-corrected chi connectivity index (χ0v) is 11.9. The zero-order valence-electron chi connectivity index (χ0n) is 11.9. The minimum atomic E-state index is -1.12. The summed E-state index contributed by atoms with van der Waals surface area (Å²) in [6, 6.07) is 7.33. The predicted molar refractivity (Wildman–Crippen MR) is 79.2 cm³/mol. The number of nitrogens with zero attached hydrogens (tertiary/aromatic N) is 1. The van der Waals surface area contributed by atoms with Crippen LogP contribution in [0.3, 0.4) is 0 Å². The minimum absolute atomic E-state index is 0.204. The summed E-state index contributed by atoms with van der Waals surface area (Å²) in [5, 5.41) is 10.4. The minimum Gasteiger partial charge on any atom is -0.480 e. The lowest BCUT2D eigenvalue weighted by atomic mass is 9.87. The number of hydrogen-bond donors (Lipinski definition) is 2. The summed E-state index contributed by atoms with van der Waals surface area (Å²) < 4.78 is 0. The molecule has 0 radical (unpaired) electrons. The van der Waals surface area contributed by atoms with E-state index in [1.807, 2.05) is 18.2 Å². The van der Waals surface area contributed by atoms with E-state index in [1.54, 1.807) is 19.2 Å². The van der Waals surface area contributed by atoms with Gasteiger partial charge in [-0.1, -0.05) is 6.07 Å². The second-order valence-corrected chi connectivity index (χ2v) is 5.74. The summed E-state index contributed by atoms with van der Waals surface area (Å²) in [5.41, 5.74) is 0.325. The largest absolute Gasteiger partial charge is 0.480 e. The number of piperidine rings is 1. The molecular weight excluding hydrogens is 268 g/mol. The van der Waals surface area contributed by atoms with Gasteiger partial charge in [0, 0.05) is 29.2 Å². The van der Waals surface area contributed by atoms with E-state index in [0.717, 1.165) is 23.7 Å². The molecule has 2 aromatic rings. The third-order valence-corrected chi connectivity index (χ3v) is 4.42. The number of aromatic amines is 1. The molecule has 0 saturated carbocycles. The first kappa shape index (κ1) is 13.7. The Hall–Kier alpha value is -2.30. The number of H-pyrrole nitrogens is 1. The van der Waals surface area contributed by atoms with Crippen molar-refractivity contribution in [1.29, 1.82) is 0 Å². The summed E-state index contributed by atoms with van der Waals surface area (Å²) in [4.78, 5) is 29.1. The van der Waals surface area contributed by atoms with Gasteiger partial charge in [0.05, 0.1) is 0 Å². The van der Waals surface area contributed by atoms with Gasteiger partial charge in [-0.2, -0.15) is 0 Å². The van der Waals surface area contributed by atoms with Crippen LogP contribution >= 0.6 is 0 Å². The number of carbonyl (C=O) groups excluding carboxylic acids is 1. The fraction of sp³-hybridized carbons (Fsp3) is 0.375. The molecule has 0 spiro atoms. The molecule has 1 saturated heterocycles. The Morgan fingerprint density at radius 2 is 2.10 bits per heavy atom. The van der Waals surface area contributed by atoms with E-state index < -0.39 is 11.5 Å². The van der Waals surface area contributed by atoms with E-state index in [1.165, 1.54) is 4.90 Å². The Morgan fingerprint density at radius 3 is 2.86 bits per heavy atom. The van der Waals surface area contributed by atoms with Gasteiger partial charge in [0.25, 0.3) is 5.91 Å². The number of fused-ring (bicyclic) bond motifs is 1. The van der Waals surface area contributed by atoms with Crippen molar-refractivity contribution in [2.45, 2.75) is 31.7 Å². The summed E-state index contributed by atoms with van der Waals surface area (Å²) >= 11 is 0. The standard InChI is InChI=1S/C16H18N2O3/c1-16(15(20)21)8-2-3-10-18(16)14(19)12-5-4-6-13-11(12)7-9-17-13/h4-7,9,17H,2-3,8,10H2,1H3,(H,20,21). The van der Waals surface area contributed by atoms with Crippen LogP contribution in [0.4, 0.5) is 0 Å². The fourth-order valence-electron chi connectivity index (χ4n) is 3.09. The van der Waals surface area contributed by atoms with Crippen LogP contribution in [0.25, 0.3) is 10.9 Å². The van der Waals surface area contributed by atoms with Gasteiger partial charge in [0.1, 0.15) is 5.54 Å². The molecule has 1 fully saturated rings. The maximum Gasteiger partial charge on any atom is 0.329 e. The van der Waals surface area contributed by atoms with Crippen molar-refractivity contribution < 1.29 is 14.7 Å². The average molecular weight is 286 g/mol. The Bertz CT molecular complexity index is 706. The first-order chi connectivity index (χ1) is 10.0. The number of rotatable bonds is 2. The van der Waals surface area contributed by atoms with Gasteiger partial charge in [0.2, 0.25) is 0 Å². The van der Waals surface area contributed by atoms with Crippen molar-refractivity contribution in [1.82, 2.24) is 9.88 Å². The fourth-order valence-corrected chi connectivity index (χ4v) is 3.09. The van der Waals surface area contributed by atoms with E-state index in [0.29, 0.717) is 18.5 Å². The number of aromatic nitrogens is 1. The van der Waals surface area contributed by atoms with Gasteiger partial charge in [0.15, 0.2) is 0 Å². The van der Waals surface area contributed by atoms with Gasteiger partial charge in [-0.25, -0.2) is 4.79 Å². The molecule has 21 heavy (non-hydrogen) atoms. The Labute approximate surface area is 122 Å². The zero-order chi connectivity index (χ0) is 15.0. The molecule has 1 unspecified atom stereocenters. The number of carbonyl (C=O) groups is 2. The number of likely N-dealkylation sites (tertiary alicyclic amines) is 1. The van der Waals surface area contributed by atoms with Crippen LogP contribution in [0, 0.1) is 0 Å². The quantitative estimate of drug-likeness (QED) is 0.891. The van der Waals surface area contributed by atoms with Crippen LogP contribution < -0.4 is 0 Å². The maximum absolute atomic E-state index is 12.9. The van der Waals surface area contributed by atoms with Crippen molar-refractivity contribution in [2.75, 3.05) is 6.54 Å². The van der Waals surface area contributed by atoms with Crippen molar-refractivity contribution in [3.05, 3.63) is 36.0 Å². The average Bonchev–Trinajstić information content (AvgIpc) is 2.95. The summed E-state index contributed by atoms with van der Waals surface area (Å²) in [5.74, 6) is -1.14. The molecule has 2 heterocycles. The molecule has 1 aromatic carbocycles. The lowest BCUT2D eigenvalue weighted by Crippen LogP contribution is -2.57. The third kappa shape index (κ3) is 2.09. The highest BCUT2D eigenvalue weighted by Gasteiger charge is 2.44.